The fraction of sp³-hybridized carbons (Fsp3) is 0.129. The summed E-state index contributed by atoms with van der Waals surface area (Å²) in [5, 5.41) is 2.96. The molecular weight excluding hydrogens is 476 g/mol. The Balaban J connectivity index is 1.60. The van der Waals surface area contributed by atoms with Gasteiger partial charge in [-0.1, -0.05) is 66.8 Å². The lowest BCUT2D eigenvalue weighted by Crippen LogP contribution is -2.24. The number of benzene rings is 3. The molecular formula is C31H30N4O3. The van der Waals surface area contributed by atoms with Gasteiger partial charge in [0.05, 0.1) is 11.0 Å². The van der Waals surface area contributed by atoms with Crippen LogP contribution in [0.3, 0.4) is 0 Å². The molecule has 0 atom stereocenters. The smallest absolute Gasteiger partial charge is 0.251 e. The molecule has 0 radical (unpaired) electrons. The Morgan fingerprint density at radius 2 is 1.84 bits per heavy atom. The number of nitrogens with zero attached hydrogens (tertiary/aromatic N) is 2. The van der Waals surface area contributed by atoms with Crippen molar-refractivity contribution in [2.45, 2.75) is 19.9 Å². The average molecular weight is 507 g/mol. The molecule has 3 aromatic carbocycles. The molecule has 3 N–H and O–H groups in total. The van der Waals surface area contributed by atoms with Gasteiger partial charge in [-0.25, -0.2) is 4.98 Å². The Kier molecular flexibility index (Phi) is 8.51. The number of allylic oxidation sites excluding steroid dienone is 4. The predicted molar refractivity (Wildman–Crippen MR) is 151 cm³/mol. The largest absolute Gasteiger partial charge is 0.457 e. The number of hydrogen-bond donors (Lipinski definition) is 2. The van der Waals surface area contributed by atoms with Crippen LogP contribution in [0.15, 0.2) is 109 Å². The number of carbonyl (C=O) groups excluding carboxylic acids is 2. The lowest BCUT2D eigenvalue weighted by atomic mass is 10.1. The van der Waals surface area contributed by atoms with E-state index in [0.717, 1.165) is 11.1 Å². The SMILES string of the molecule is C=C/C=C\C(=C/C)CCNC(=O)c1ccc2c(c1)nc(-c1cccc(Oc3ccccc3)c1)n2CC(N)=O. The van der Waals surface area contributed by atoms with Crippen molar-refractivity contribution in [1.29, 1.82) is 0 Å². The van der Waals surface area contributed by atoms with Crippen molar-refractivity contribution in [3.8, 4) is 22.9 Å². The Morgan fingerprint density at radius 3 is 2.58 bits per heavy atom. The number of imidazole rings is 1. The minimum absolute atomic E-state index is 0.0501. The van der Waals surface area contributed by atoms with Crippen molar-refractivity contribution in [3.05, 3.63) is 115 Å². The summed E-state index contributed by atoms with van der Waals surface area (Å²) in [6, 6.07) is 22.2. The number of para-hydroxylation sites is 1. The summed E-state index contributed by atoms with van der Waals surface area (Å²) in [4.78, 5) is 29.5. The summed E-state index contributed by atoms with van der Waals surface area (Å²) in [6.07, 6.45) is 8.26. The summed E-state index contributed by atoms with van der Waals surface area (Å²) < 4.78 is 7.73. The second-order valence-electron chi connectivity index (χ2n) is 8.60. The van der Waals surface area contributed by atoms with E-state index in [1.54, 1.807) is 28.8 Å². The molecule has 0 aliphatic heterocycles. The number of carbonyl (C=O) groups is 2. The third kappa shape index (κ3) is 6.44. The molecule has 0 unspecified atom stereocenters. The van der Waals surface area contributed by atoms with Crippen molar-refractivity contribution in [2.75, 3.05) is 6.54 Å². The molecule has 0 aliphatic rings. The van der Waals surface area contributed by atoms with Gasteiger partial charge in [0.2, 0.25) is 5.91 Å². The van der Waals surface area contributed by atoms with Crippen molar-refractivity contribution in [2.24, 2.45) is 5.73 Å². The van der Waals surface area contributed by atoms with Crippen molar-refractivity contribution in [3.63, 3.8) is 0 Å². The van der Waals surface area contributed by atoms with Gasteiger partial charge in [-0.3, -0.25) is 9.59 Å². The normalized spacial score (nSPS) is 11.6. The van der Waals surface area contributed by atoms with Gasteiger partial charge in [0.15, 0.2) is 0 Å². The van der Waals surface area contributed by atoms with Crippen molar-refractivity contribution < 1.29 is 14.3 Å². The minimum Gasteiger partial charge on any atom is -0.457 e. The first kappa shape index (κ1) is 26.2. The first-order valence-corrected chi connectivity index (χ1v) is 12.3. The fourth-order valence-corrected chi connectivity index (χ4v) is 4.07. The van der Waals surface area contributed by atoms with Crippen LogP contribution in [0, 0.1) is 0 Å². The van der Waals surface area contributed by atoms with Gasteiger partial charge in [-0.05, 0) is 55.8 Å². The summed E-state index contributed by atoms with van der Waals surface area (Å²) in [5.41, 5.74) is 9.20. The van der Waals surface area contributed by atoms with Gasteiger partial charge >= 0.3 is 0 Å². The molecule has 7 nitrogen and oxygen atoms in total. The molecule has 7 heteroatoms. The van der Waals surface area contributed by atoms with E-state index in [-0.39, 0.29) is 12.5 Å². The predicted octanol–water partition coefficient (Wildman–Crippen LogP) is 5.79. The number of amides is 2. The third-order valence-corrected chi connectivity index (χ3v) is 5.91. The summed E-state index contributed by atoms with van der Waals surface area (Å²) in [7, 11) is 0. The van der Waals surface area contributed by atoms with Gasteiger partial charge in [0, 0.05) is 17.7 Å². The molecule has 38 heavy (non-hydrogen) atoms. The van der Waals surface area contributed by atoms with Crippen LogP contribution < -0.4 is 15.8 Å². The van der Waals surface area contributed by atoms with Gasteiger partial charge in [-0.2, -0.15) is 0 Å². The Bertz CT molecular complexity index is 1520. The minimum atomic E-state index is -0.491. The van der Waals surface area contributed by atoms with E-state index in [4.69, 9.17) is 15.5 Å². The van der Waals surface area contributed by atoms with Crippen LogP contribution >= 0.6 is 0 Å². The highest BCUT2D eigenvalue weighted by atomic mass is 16.5. The first-order valence-electron chi connectivity index (χ1n) is 12.3. The van der Waals surface area contributed by atoms with Gasteiger partial charge in [0.1, 0.15) is 23.9 Å². The van der Waals surface area contributed by atoms with Gasteiger partial charge in [-0.15, -0.1) is 0 Å². The number of primary amides is 1. The zero-order chi connectivity index (χ0) is 26.9. The van der Waals surface area contributed by atoms with Gasteiger partial charge < -0.3 is 20.4 Å². The summed E-state index contributed by atoms with van der Waals surface area (Å²) in [5.74, 6) is 1.22. The molecule has 0 bridgehead atoms. The summed E-state index contributed by atoms with van der Waals surface area (Å²) in [6.45, 7) is 6.08. The molecule has 4 aromatic rings. The molecule has 2 amide bonds. The maximum absolute atomic E-state index is 12.8. The Hall–Kier alpha value is -4.91. The van der Waals surface area contributed by atoms with Crippen LogP contribution in [0.2, 0.25) is 0 Å². The first-order chi connectivity index (χ1) is 18.5. The van der Waals surface area contributed by atoms with Crippen LogP contribution in [0.4, 0.5) is 0 Å². The number of nitrogens with one attached hydrogen (secondary N) is 1. The molecule has 0 spiro atoms. The standard InChI is InChI=1S/C31H30N4O3/c1-3-5-10-22(4-2)17-18-33-31(37)24-15-16-28-27(20-24)34-30(35(28)21-29(32)36)23-11-9-14-26(19-23)38-25-12-7-6-8-13-25/h3-16,19-20H,1,17-18,21H2,2H3,(H2,32,36)(H,33,37)/b10-5-,22-4+. The highest BCUT2D eigenvalue weighted by Crippen LogP contribution is 2.30. The second kappa shape index (κ2) is 12.4. The topological polar surface area (TPSA) is 99.2 Å². The molecule has 0 saturated heterocycles. The second-order valence-corrected chi connectivity index (χ2v) is 8.60. The van der Waals surface area contributed by atoms with Crippen molar-refractivity contribution in [1.82, 2.24) is 14.9 Å². The van der Waals surface area contributed by atoms with Crippen molar-refractivity contribution >= 4 is 22.8 Å². The lowest BCUT2D eigenvalue weighted by molar-refractivity contribution is -0.118. The monoisotopic (exact) mass is 506 g/mol. The van der Waals surface area contributed by atoms with E-state index in [9.17, 15) is 9.59 Å². The average Bonchev–Trinajstić information content (AvgIpc) is 3.28. The highest BCUT2D eigenvalue weighted by molar-refractivity contribution is 5.98. The quantitative estimate of drug-likeness (QED) is 0.252. The zero-order valence-electron chi connectivity index (χ0n) is 21.3. The molecule has 192 valence electrons. The van der Waals surface area contributed by atoms with E-state index < -0.39 is 5.91 Å². The Labute approximate surface area is 222 Å². The maximum Gasteiger partial charge on any atom is 0.251 e. The van der Waals surface area contributed by atoms with Crippen LogP contribution in [0.1, 0.15) is 23.7 Å². The number of nitrogens with two attached hydrogens (primary N) is 1. The van der Waals surface area contributed by atoms with Gasteiger partial charge in [0.25, 0.3) is 5.91 Å². The molecule has 0 fully saturated rings. The van der Waals surface area contributed by atoms with E-state index in [0.29, 0.717) is 46.9 Å². The fourth-order valence-electron chi connectivity index (χ4n) is 4.07. The number of ether oxygens (including phenoxy) is 1. The molecule has 0 saturated carbocycles. The lowest BCUT2D eigenvalue weighted by Gasteiger charge is -2.10. The van der Waals surface area contributed by atoms with Crippen LogP contribution in [-0.4, -0.2) is 27.9 Å². The van der Waals surface area contributed by atoms with Crippen LogP contribution in [0.5, 0.6) is 11.5 Å². The molecule has 1 aromatic heterocycles. The maximum atomic E-state index is 12.8. The number of rotatable bonds is 11. The molecule has 4 rings (SSSR count). The molecule has 1 heterocycles. The third-order valence-electron chi connectivity index (χ3n) is 5.91. The Morgan fingerprint density at radius 1 is 1.05 bits per heavy atom. The van der Waals surface area contributed by atoms with Crippen LogP contribution in [-0.2, 0) is 11.3 Å². The van der Waals surface area contributed by atoms with E-state index in [1.807, 2.05) is 79.7 Å². The summed E-state index contributed by atoms with van der Waals surface area (Å²) >= 11 is 0. The highest BCUT2D eigenvalue weighted by Gasteiger charge is 2.17. The number of aromatic nitrogens is 2. The number of hydrogen-bond acceptors (Lipinski definition) is 4. The zero-order valence-corrected chi connectivity index (χ0v) is 21.3. The molecule has 0 aliphatic carbocycles. The van der Waals surface area contributed by atoms with E-state index >= 15 is 0 Å². The van der Waals surface area contributed by atoms with Crippen LogP contribution in [0.25, 0.3) is 22.4 Å². The number of fused-ring (bicyclic) bond motifs is 1. The van der Waals surface area contributed by atoms with E-state index in [1.165, 1.54) is 0 Å². The van der Waals surface area contributed by atoms with E-state index in [2.05, 4.69) is 11.9 Å².